The number of benzene rings is 1. The van der Waals surface area contributed by atoms with Crippen LogP contribution in [0.15, 0.2) is 24.3 Å². The molecule has 1 rings (SSSR count). The fourth-order valence-electron chi connectivity index (χ4n) is 2.28. The van der Waals surface area contributed by atoms with E-state index in [1.54, 1.807) is 0 Å². The first kappa shape index (κ1) is 16.2. The molecular weight excluding hydrogens is 230 g/mol. The molecule has 19 heavy (non-hydrogen) atoms. The van der Waals surface area contributed by atoms with Crippen LogP contribution in [0.1, 0.15) is 72.1 Å². The molecule has 1 nitrogen and oxygen atoms in total. The summed E-state index contributed by atoms with van der Waals surface area (Å²) in [6.45, 7) is 15.9. The van der Waals surface area contributed by atoms with Gasteiger partial charge in [0.05, 0.1) is 0 Å². The van der Waals surface area contributed by atoms with Crippen molar-refractivity contribution in [3.63, 3.8) is 0 Å². The summed E-state index contributed by atoms with van der Waals surface area (Å²) < 4.78 is 0. The van der Waals surface area contributed by atoms with Crippen molar-refractivity contribution in [2.75, 3.05) is 0 Å². The fraction of sp³-hybridized carbons (Fsp3) is 0.667. The highest BCUT2D eigenvalue weighted by Gasteiger charge is 2.16. The van der Waals surface area contributed by atoms with E-state index in [0.717, 1.165) is 5.92 Å². The van der Waals surface area contributed by atoms with Crippen molar-refractivity contribution in [1.29, 1.82) is 0 Å². The molecular formula is C18H31N. The molecule has 1 aromatic carbocycles. The smallest absolute Gasteiger partial charge is 0.0294 e. The van der Waals surface area contributed by atoms with Gasteiger partial charge in [-0.3, -0.25) is 0 Å². The molecule has 0 heterocycles. The van der Waals surface area contributed by atoms with Crippen LogP contribution in [0.4, 0.5) is 0 Å². The van der Waals surface area contributed by atoms with Crippen molar-refractivity contribution in [1.82, 2.24) is 5.32 Å². The lowest BCUT2D eigenvalue weighted by molar-refractivity contribution is 0.360. The van der Waals surface area contributed by atoms with E-state index in [1.165, 1.54) is 17.5 Å². The zero-order chi connectivity index (χ0) is 14.6. The van der Waals surface area contributed by atoms with Gasteiger partial charge in [-0.15, -0.1) is 0 Å². The maximum Gasteiger partial charge on any atom is 0.0294 e. The summed E-state index contributed by atoms with van der Waals surface area (Å²) >= 11 is 0. The Morgan fingerprint density at radius 1 is 1.00 bits per heavy atom. The van der Waals surface area contributed by atoms with Crippen molar-refractivity contribution in [3.8, 4) is 0 Å². The standard InChI is InChI=1S/C18H31N/c1-8-13(2)14(3)19-15(4)16-9-11-17(12-10-16)18(5,6)7/h9-15,19H,8H2,1-7H3. The summed E-state index contributed by atoms with van der Waals surface area (Å²) in [4.78, 5) is 0. The highest BCUT2D eigenvalue weighted by molar-refractivity contribution is 5.29. The average molecular weight is 261 g/mol. The molecule has 1 N–H and O–H groups in total. The van der Waals surface area contributed by atoms with Crippen molar-refractivity contribution >= 4 is 0 Å². The summed E-state index contributed by atoms with van der Waals surface area (Å²) in [5.74, 6) is 0.719. The molecule has 0 aliphatic rings. The highest BCUT2D eigenvalue weighted by atomic mass is 14.9. The molecule has 0 aliphatic heterocycles. The van der Waals surface area contributed by atoms with Crippen molar-refractivity contribution in [3.05, 3.63) is 35.4 Å². The summed E-state index contributed by atoms with van der Waals surface area (Å²) in [6, 6.07) is 10.0. The molecule has 0 radical (unpaired) electrons. The van der Waals surface area contributed by atoms with Crippen LogP contribution in [0.3, 0.4) is 0 Å². The second-order valence-electron chi connectivity index (χ2n) is 6.93. The van der Waals surface area contributed by atoms with Gasteiger partial charge in [0.1, 0.15) is 0 Å². The van der Waals surface area contributed by atoms with Crippen molar-refractivity contribution in [2.24, 2.45) is 5.92 Å². The lowest BCUT2D eigenvalue weighted by atomic mass is 9.86. The quantitative estimate of drug-likeness (QED) is 0.780. The van der Waals surface area contributed by atoms with Crippen LogP contribution in [0, 0.1) is 5.92 Å². The zero-order valence-electron chi connectivity index (χ0n) is 13.7. The van der Waals surface area contributed by atoms with Gasteiger partial charge in [-0.1, -0.05) is 65.3 Å². The molecule has 0 spiro atoms. The number of rotatable bonds is 5. The van der Waals surface area contributed by atoms with E-state index in [9.17, 15) is 0 Å². The SMILES string of the molecule is CCC(C)C(C)NC(C)c1ccc(C(C)(C)C)cc1. The summed E-state index contributed by atoms with van der Waals surface area (Å²) in [6.07, 6.45) is 1.23. The van der Waals surface area contributed by atoms with Crippen LogP contribution in [-0.2, 0) is 5.41 Å². The van der Waals surface area contributed by atoms with E-state index in [2.05, 4.69) is 78.0 Å². The third-order valence-electron chi connectivity index (χ3n) is 4.29. The van der Waals surface area contributed by atoms with Crippen LogP contribution in [0.5, 0.6) is 0 Å². The Morgan fingerprint density at radius 3 is 1.95 bits per heavy atom. The van der Waals surface area contributed by atoms with E-state index >= 15 is 0 Å². The maximum atomic E-state index is 3.71. The van der Waals surface area contributed by atoms with E-state index in [1.807, 2.05) is 0 Å². The number of hydrogen-bond donors (Lipinski definition) is 1. The molecule has 0 bridgehead atoms. The first-order valence-electron chi connectivity index (χ1n) is 7.62. The molecule has 0 aromatic heterocycles. The van der Waals surface area contributed by atoms with Crippen LogP contribution >= 0.6 is 0 Å². The minimum atomic E-state index is 0.235. The molecule has 1 aromatic rings. The predicted molar refractivity (Wildman–Crippen MR) is 85.6 cm³/mol. The van der Waals surface area contributed by atoms with Gasteiger partial charge in [0, 0.05) is 12.1 Å². The normalized spacial score (nSPS) is 17.0. The van der Waals surface area contributed by atoms with Crippen molar-refractivity contribution in [2.45, 2.75) is 72.4 Å². The van der Waals surface area contributed by atoms with Crippen LogP contribution in [0.2, 0.25) is 0 Å². The second kappa shape index (κ2) is 6.56. The van der Waals surface area contributed by atoms with Gasteiger partial charge < -0.3 is 5.32 Å². The van der Waals surface area contributed by atoms with Gasteiger partial charge in [-0.25, -0.2) is 0 Å². The van der Waals surface area contributed by atoms with E-state index < -0.39 is 0 Å². The molecule has 108 valence electrons. The van der Waals surface area contributed by atoms with Crippen LogP contribution < -0.4 is 5.32 Å². The molecule has 0 saturated carbocycles. The number of hydrogen-bond acceptors (Lipinski definition) is 1. The zero-order valence-corrected chi connectivity index (χ0v) is 13.7. The van der Waals surface area contributed by atoms with E-state index in [-0.39, 0.29) is 5.41 Å². The third-order valence-corrected chi connectivity index (χ3v) is 4.29. The molecule has 0 aliphatic carbocycles. The largest absolute Gasteiger partial charge is 0.307 e. The maximum absolute atomic E-state index is 3.71. The molecule has 1 heteroatoms. The van der Waals surface area contributed by atoms with Gasteiger partial charge in [0.2, 0.25) is 0 Å². The van der Waals surface area contributed by atoms with Gasteiger partial charge in [-0.2, -0.15) is 0 Å². The molecule has 3 unspecified atom stereocenters. The van der Waals surface area contributed by atoms with Gasteiger partial charge >= 0.3 is 0 Å². The Hall–Kier alpha value is -0.820. The fourth-order valence-corrected chi connectivity index (χ4v) is 2.28. The monoisotopic (exact) mass is 261 g/mol. The second-order valence-corrected chi connectivity index (χ2v) is 6.93. The minimum Gasteiger partial charge on any atom is -0.307 e. The Balaban J connectivity index is 2.70. The van der Waals surface area contributed by atoms with E-state index in [4.69, 9.17) is 0 Å². The topological polar surface area (TPSA) is 12.0 Å². The van der Waals surface area contributed by atoms with Gasteiger partial charge in [0.15, 0.2) is 0 Å². The molecule has 0 fully saturated rings. The van der Waals surface area contributed by atoms with Gasteiger partial charge in [-0.05, 0) is 36.3 Å². The predicted octanol–water partition coefficient (Wildman–Crippen LogP) is 5.07. The molecule has 0 amide bonds. The lowest BCUT2D eigenvalue weighted by Gasteiger charge is -2.25. The number of nitrogens with one attached hydrogen (secondary N) is 1. The first-order chi connectivity index (χ1) is 8.75. The lowest BCUT2D eigenvalue weighted by Crippen LogP contribution is -2.33. The molecule has 3 atom stereocenters. The Morgan fingerprint density at radius 2 is 1.53 bits per heavy atom. The van der Waals surface area contributed by atoms with Crippen LogP contribution in [0.25, 0.3) is 0 Å². The minimum absolute atomic E-state index is 0.235. The van der Waals surface area contributed by atoms with Crippen molar-refractivity contribution < 1.29 is 0 Å². The Kier molecular flexibility index (Phi) is 5.61. The first-order valence-corrected chi connectivity index (χ1v) is 7.62. The Labute approximate surface area is 119 Å². The Bertz CT molecular complexity index is 372. The summed E-state index contributed by atoms with van der Waals surface area (Å²) in [5, 5.41) is 3.71. The molecule has 0 saturated heterocycles. The van der Waals surface area contributed by atoms with Crippen LogP contribution in [-0.4, -0.2) is 6.04 Å². The van der Waals surface area contributed by atoms with Gasteiger partial charge in [0.25, 0.3) is 0 Å². The average Bonchev–Trinajstić information content (AvgIpc) is 2.36. The van der Waals surface area contributed by atoms with E-state index in [0.29, 0.717) is 12.1 Å². The third kappa shape index (κ3) is 4.65. The summed E-state index contributed by atoms with van der Waals surface area (Å²) in [7, 11) is 0. The summed E-state index contributed by atoms with van der Waals surface area (Å²) in [5.41, 5.74) is 3.01. The highest BCUT2D eigenvalue weighted by Crippen LogP contribution is 2.24.